The number of ether oxygens (including phenoxy) is 2. The molecule has 6 heteroatoms. The van der Waals surface area contributed by atoms with Crippen LogP contribution >= 0.6 is 0 Å². The van der Waals surface area contributed by atoms with E-state index in [1.807, 2.05) is 32.0 Å². The molecule has 1 unspecified atom stereocenters. The van der Waals surface area contributed by atoms with Crippen molar-refractivity contribution in [3.8, 4) is 11.5 Å². The minimum atomic E-state index is -0.711. The molecule has 0 spiro atoms. The first-order valence-electron chi connectivity index (χ1n) is 10.2. The molecule has 0 bridgehead atoms. The van der Waals surface area contributed by atoms with E-state index in [1.54, 1.807) is 37.4 Å². The Morgan fingerprint density at radius 2 is 1.73 bits per heavy atom. The standard InChI is InChI=1S/C24H27NO5/c1-4-14-25-21(18-8-6-7-9-19(18)29-3)20(23(27)24(25)28)22(26)16-10-12-17(13-11-16)30-15-5-2/h6-13,21,26H,4-5,14-15H2,1-3H3/b22-20-. The van der Waals surface area contributed by atoms with Crippen molar-refractivity contribution < 1.29 is 24.2 Å². The van der Waals surface area contributed by atoms with Crippen molar-refractivity contribution in [2.45, 2.75) is 32.7 Å². The Morgan fingerprint density at radius 1 is 1.03 bits per heavy atom. The Hall–Kier alpha value is -3.28. The van der Waals surface area contributed by atoms with Gasteiger partial charge in [0.05, 0.1) is 25.3 Å². The maximum Gasteiger partial charge on any atom is 0.295 e. The highest BCUT2D eigenvalue weighted by Crippen LogP contribution is 2.42. The van der Waals surface area contributed by atoms with Gasteiger partial charge in [-0.25, -0.2) is 0 Å². The molecule has 1 aliphatic heterocycles. The lowest BCUT2D eigenvalue weighted by atomic mass is 9.94. The zero-order valence-electron chi connectivity index (χ0n) is 17.6. The topological polar surface area (TPSA) is 76.1 Å². The van der Waals surface area contributed by atoms with Crippen LogP contribution in [0.2, 0.25) is 0 Å². The number of likely N-dealkylation sites (tertiary alicyclic amines) is 1. The first-order chi connectivity index (χ1) is 14.5. The van der Waals surface area contributed by atoms with Crippen molar-refractivity contribution in [3.05, 3.63) is 65.2 Å². The summed E-state index contributed by atoms with van der Waals surface area (Å²) in [6.07, 6.45) is 1.57. The van der Waals surface area contributed by atoms with Crippen LogP contribution in [0.3, 0.4) is 0 Å². The number of aliphatic hydroxyl groups is 1. The van der Waals surface area contributed by atoms with Crippen molar-refractivity contribution in [3.63, 3.8) is 0 Å². The third-order valence-electron chi connectivity index (χ3n) is 5.04. The van der Waals surface area contributed by atoms with Crippen LogP contribution in [0.1, 0.15) is 43.9 Å². The van der Waals surface area contributed by atoms with E-state index < -0.39 is 17.7 Å². The van der Waals surface area contributed by atoms with E-state index in [2.05, 4.69) is 0 Å². The smallest absolute Gasteiger partial charge is 0.295 e. The molecule has 0 aliphatic carbocycles. The summed E-state index contributed by atoms with van der Waals surface area (Å²) in [6.45, 7) is 4.95. The summed E-state index contributed by atoms with van der Waals surface area (Å²) < 4.78 is 11.1. The predicted molar refractivity (Wildman–Crippen MR) is 115 cm³/mol. The summed E-state index contributed by atoms with van der Waals surface area (Å²) >= 11 is 0. The Kier molecular flexibility index (Phi) is 6.77. The van der Waals surface area contributed by atoms with Gasteiger partial charge in [0, 0.05) is 17.7 Å². The number of carbonyl (C=O) groups is 2. The lowest BCUT2D eigenvalue weighted by Crippen LogP contribution is -2.30. The summed E-state index contributed by atoms with van der Waals surface area (Å²) in [5, 5.41) is 11.1. The number of ketones is 1. The molecule has 0 aromatic heterocycles. The van der Waals surface area contributed by atoms with Crippen LogP contribution in [0.25, 0.3) is 5.76 Å². The number of aliphatic hydroxyl groups excluding tert-OH is 1. The molecule has 2 aromatic carbocycles. The summed E-state index contributed by atoms with van der Waals surface area (Å²) in [5.41, 5.74) is 1.19. The van der Waals surface area contributed by atoms with E-state index in [1.165, 1.54) is 4.90 Å². The SMILES string of the molecule is CCCOc1ccc(/C(O)=C2/C(=O)C(=O)N(CCC)C2c2ccccc2OC)cc1. The lowest BCUT2D eigenvalue weighted by molar-refractivity contribution is -0.139. The van der Waals surface area contributed by atoms with E-state index >= 15 is 0 Å². The number of para-hydroxylation sites is 1. The number of nitrogens with zero attached hydrogens (tertiary/aromatic N) is 1. The molecule has 3 rings (SSSR count). The van der Waals surface area contributed by atoms with Crippen LogP contribution in [-0.2, 0) is 9.59 Å². The van der Waals surface area contributed by atoms with Gasteiger partial charge >= 0.3 is 0 Å². The van der Waals surface area contributed by atoms with Crippen molar-refractivity contribution in [2.75, 3.05) is 20.3 Å². The number of hydrogen-bond donors (Lipinski definition) is 1. The third-order valence-corrected chi connectivity index (χ3v) is 5.04. The molecule has 1 heterocycles. The Morgan fingerprint density at radius 3 is 2.37 bits per heavy atom. The molecule has 2 aromatic rings. The van der Waals surface area contributed by atoms with Crippen molar-refractivity contribution >= 4 is 17.4 Å². The number of rotatable bonds is 8. The van der Waals surface area contributed by atoms with Crippen molar-refractivity contribution in [1.29, 1.82) is 0 Å². The Labute approximate surface area is 176 Å². The van der Waals surface area contributed by atoms with Gasteiger partial charge in [0.2, 0.25) is 0 Å². The third kappa shape index (κ3) is 4.03. The van der Waals surface area contributed by atoms with Gasteiger partial charge in [-0.2, -0.15) is 0 Å². The maximum atomic E-state index is 12.9. The van der Waals surface area contributed by atoms with Crippen LogP contribution in [0.15, 0.2) is 54.1 Å². The molecule has 1 fully saturated rings. The predicted octanol–water partition coefficient (Wildman–Crippen LogP) is 4.32. The zero-order valence-corrected chi connectivity index (χ0v) is 17.6. The molecule has 0 radical (unpaired) electrons. The average Bonchev–Trinajstić information content (AvgIpc) is 3.02. The monoisotopic (exact) mass is 409 g/mol. The summed E-state index contributed by atoms with van der Waals surface area (Å²) in [5.74, 6) is -0.272. The Balaban J connectivity index is 2.11. The highest BCUT2D eigenvalue weighted by molar-refractivity contribution is 6.46. The second-order valence-corrected chi connectivity index (χ2v) is 7.11. The molecule has 1 atom stereocenters. The molecule has 0 saturated carbocycles. The molecule has 158 valence electrons. The summed E-state index contributed by atoms with van der Waals surface area (Å²) in [6, 6.07) is 13.4. The quantitative estimate of drug-likeness (QED) is 0.399. The molecule has 1 aliphatic rings. The maximum absolute atomic E-state index is 12.9. The molecule has 1 amide bonds. The molecular weight excluding hydrogens is 382 g/mol. The number of Topliss-reactive ketones (excluding diaryl/α,β-unsaturated/α-hetero) is 1. The number of methoxy groups -OCH3 is 1. The fourth-order valence-electron chi connectivity index (χ4n) is 3.65. The Bertz CT molecular complexity index is 948. The second-order valence-electron chi connectivity index (χ2n) is 7.11. The molecule has 6 nitrogen and oxygen atoms in total. The van der Waals surface area contributed by atoms with Gasteiger partial charge in [-0.05, 0) is 43.2 Å². The van der Waals surface area contributed by atoms with E-state index in [9.17, 15) is 14.7 Å². The number of carbonyl (C=O) groups excluding carboxylic acids is 2. The van der Waals surface area contributed by atoms with Crippen LogP contribution in [-0.4, -0.2) is 42.0 Å². The summed E-state index contributed by atoms with van der Waals surface area (Å²) in [4.78, 5) is 27.2. The van der Waals surface area contributed by atoms with Gasteiger partial charge in [-0.15, -0.1) is 0 Å². The molecule has 30 heavy (non-hydrogen) atoms. The molecule has 1 saturated heterocycles. The number of benzene rings is 2. The van der Waals surface area contributed by atoms with Crippen LogP contribution in [0, 0.1) is 0 Å². The van der Waals surface area contributed by atoms with Crippen molar-refractivity contribution in [1.82, 2.24) is 4.90 Å². The van der Waals surface area contributed by atoms with Gasteiger partial charge in [0.15, 0.2) is 0 Å². The zero-order chi connectivity index (χ0) is 21.7. The minimum absolute atomic E-state index is 0.0696. The van der Waals surface area contributed by atoms with Gasteiger partial charge in [-0.1, -0.05) is 32.0 Å². The lowest BCUT2D eigenvalue weighted by Gasteiger charge is -2.26. The summed E-state index contributed by atoms with van der Waals surface area (Å²) in [7, 11) is 1.54. The van der Waals surface area contributed by atoms with Gasteiger partial charge in [0.25, 0.3) is 11.7 Å². The van der Waals surface area contributed by atoms with E-state index in [-0.39, 0.29) is 11.3 Å². The highest BCUT2D eigenvalue weighted by Gasteiger charge is 2.46. The molecular formula is C24H27NO5. The van der Waals surface area contributed by atoms with Gasteiger partial charge in [-0.3, -0.25) is 9.59 Å². The first-order valence-corrected chi connectivity index (χ1v) is 10.2. The van der Waals surface area contributed by atoms with Crippen LogP contribution < -0.4 is 9.47 Å². The van der Waals surface area contributed by atoms with E-state index in [0.717, 1.165) is 6.42 Å². The number of amides is 1. The van der Waals surface area contributed by atoms with Crippen molar-refractivity contribution in [2.24, 2.45) is 0 Å². The van der Waals surface area contributed by atoms with E-state index in [0.29, 0.717) is 42.2 Å². The van der Waals surface area contributed by atoms with Crippen LogP contribution in [0.5, 0.6) is 11.5 Å². The fraction of sp³-hybridized carbons (Fsp3) is 0.333. The highest BCUT2D eigenvalue weighted by atomic mass is 16.5. The van der Waals surface area contributed by atoms with Crippen LogP contribution in [0.4, 0.5) is 0 Å². The normalized spacial score (nSPS) is 18.0. The average molecular weight is 409 g/mol. The number of hydrogen-bond acceptors (Lipinski definition) is 5. The van der Waals surface area contributed by atoms with E-state index in [4.69, 9.17) is 9.47 Å². The van der Waals surface area contributed by atoms with Gasteiger partial charge < -0.3 is 19.5 Å². The molecule has 1 N–H and O–H groups in total. The largest absolute Gasteiger partial charge is 0.507 e. The fourth-order valence-corrected chi connectivity index (χ4v) is 3.65. The minimum Gasteiger partial charge on any atom is -0.507 e. The second kappa shape index (κ2) is 9.48. The van der Waals surface area contributed by atoms with Gasteiger partial charge in [0.1, 0.15) is 17.3 Å². The first kappa shape index (κ1) is 21.4.